The van der Waals surface area contributed by atoms with Crippen molar-refractivity contribution in [3.63, 3.8) is 0 Å². The fourth-order valence-electron chi connectivity index (χ4n) is 0.769. The maximum atomic E-state index is 11.4. The third kappa shape index (κ3) is 5.50. The minimum Gasteiger partial charge on any atom is -0.383 e. The number of carbonyl (C=O) groups excluding carboxylic acids is 1. The Morgan fingerprint density at radius 2 is 1.93 bits per heavy atom. The van der Waals surface area contributed by atoms with E-state index in [4.69, 9.17) is 0 Å². The van der Waals surface area contributed by atoms with Crippen LogP contribution in [0.1, 0.15) is 34.6 Å². The second kappa shape index (κ2) is 5.61. The maximum absolute atomic E-state index is 11.4. The molecule has 84 valence electrons. The molecule has 1 amide bonds. The molecule has 14 heavy (non-hydrogen) atoms. The molecule has 0 aliphatic rings. The van der Waals surface area contributed by atoms with Crippen LogP contribution in [0.5, 0.6) is 0 Å². The van der Waals surface area contributed by atoms with E-state index in [1.807, 2.05) is 20.8 Å². The van der Waals surface area contributed by atoms with Gasteiger partial charge in [-0.1, -0.05) is 34.6 Å². The zero-order valence-electron chi connectivity index (χ0n) is 9.63. The van der Waals surface area contributed by atoms with Gasteiger partial charge in [0, 0.05) is 5.25 Å². The predicted octanol–water partition coefficient (Wildman–Crippen LogP) is 1.61. The second-order valence-corrected chi connectivity index (χ2v) is 6.23. The van der Waals surface area contributed by atoms with Crippen LogP contribution in [0.15, 0.2) is 0 Å². The van der Waals surface area contributed by atoms with Gasteiger partial charge >= 0.3 is 0 Å². The highest BCUT2D eigenvalue weighted by Crippen LogP contribution is 2.19. The lowest BCUT2D eigenvalue weighted by Gasteiger charge is -2.24. The summed E-state index contributed by atoms with van der Waals surface area (Å²) in [5.74, 6) is 0.273. The minimum absolute atomic E-state index is 0.286. The molecule has 0 aliphatic carbocycles. The average Bonchev–Trinajstić information content (AvgIpc) is 2.00. The van der Waals surface area contributed by atoms with Crippen molar-refractivity contribution in [2.45, 2.75) is 46.0 Å². The van der Waals surface area contributed by atoms with Crippen molar-refractivity contribution in [2.75, 3.05) is 5.88 Å². The molecule has 0 fully saturated rings. The quantitative estimate of drug-likeness (QED) is 0.706. The number of hydrogen-bond acceptors (Lipinski definition) is 3. The lowest BCUT2D eigenvalue weighted by molar-refractivity contribution is -0.134. The van der Waals surface area contributed by atoms with Crippen molar-refractivity contribution in [1.29, 1.82) is 0 Å². The van der Waals surface area contributed by atoms with Gasteiger partial charge in [0.1, 0.15) is 6.10 Å². The molecule has 1 atom stereocenters. The van der Waals surface area contributed by atoms with Crippen LogP contribution in [0.3, 0.4) is 0 Å². The Morgan fingerprint density at radius 1 is 1.43 bits per heavy atom. The largest absolute Gasteiger partial charge is 0.383 e. The molecule has 4 heteroatoms. The number of nitrogens with one attached hydrogen (secondary N) is 1. The number of aliphatic hydroxyl groups excluding tert-OH is 1. The second-order valence-electron chi connectivity index (χ2n) is 4.67. The summed E-state index contributed by atoms with van der Waals surface area (Å²) in [6, 6.07) is 0. The number of aliphatic hydroxyl groups is 1. The first kappa shape index (κ1) is 13.8. The molecular weight excluding hydrogens is 198 g/mol. The molecule has 0 heterocycles. The van der Waals surface area contributed by atoms with E-state index >= 15 is 0 Å². The highest BCUT2D eigenvalue weighted by molar-refractivity contribution is 7.99. The standard InChI is InChI=1S/C10H21NO2S/c1-7(2)14-6-11-9(13)8(12)10(3,4)5/h7-8,12H,6H2,1-5H3,(H,11,13). The molecule has 0 rings (SSSR count). The Hall–Kier alpha value is -0.220. The van der Waals surface area contributed by atoms with E-state index in [-0.39, 0.29) is 5.91 Å². The third-order valence-corrected chi connectivity index (χ3v) is 2.71. The van der Waals surface area contributed by atoms with Gasteiger partial charge in [-0.05, 0) is 5.41 Å². The molecule has 0 radical (unpaired) electrons. The summed E-state index contributed by atoms with van der Waals surface area (Å²) in [7, 11) is 0. The summed E-state index contributed by atoms with van der Waals surface area (Å²) in [6.45, 7) is 9.65. The Labute approximate surface area is 90.7 Å². The summed E-state index contributed by atoms with van der Waals surface area (Å²) >= 11 is 1.64. The molecule has 0 spiro atoms. The van der Waals surface area contributed by atoms with Gasteiger partial charge in [0.2, 0.25) is 5.91 Å². The molecule has 0 saturated heterocycles. The van der Waals surface area contributed by atoms with Crippen molar-refractivity contribution in [3.8, 4) is 0 Å². The monoisotopic (exact) mass is 219 g/mol. The number of hydrogen-bond donors (Lipinski definition) is 2. The molecule has 0 bridgehead atoms. The molecule has 0 saturated carbocycles. The van der Waals surface area contributed by atoms with E-state index < -0.39 is 11.5 Å². The van der Waals surface area contributed by atoms with E-state index in [9.17, 15) is 9.90 Å². The highest BCUT2D eigenvalue weighted by atomic mass is 32.2. The number of carbonyl (C=O) groups is 1. The van der Waals surface area contributed by atoms with E-state index in [2.05, 4.69) is 19.2 Å². The van der Waals surface area contributed by atoms with Crippen LogP contribution in [0.2, 0.25) is 0 Å². The average molecular weight is 219 g/mol. The van der Waals surface area contributed by atoms with E-state index in [0.29, 0.717) is 11.1 Å². The van der Waals surface area contributed by atoms with Crippen LogP contribution in [0.25, 0.3) is 0 Å². The maximum Gasteiger partial charge on any atom is 0.250 e. The summed E-state index contributed by atoms with van der Waals surface area (Å²) in [5, 5.41) is 12.8. The van der Waals surface area contributed by atoms with Gasteiger partial charge in [-0.25, -0.2) is 0 Å². The molecule has 0 aliphatic heterocycles. The zero-order valence-corrected chi connectivity index (χ0v) is 10.4. The van der Waals surface area contributed by atoms with Gasteiger partial charge in [-0.2, -0.15) is 0 Å². The van der Waals surface area contributed by atoms with Crippen LogP contribution in [0, 0.1) is 5.41 Å². The van der Waals surface area contributed by atoms with Gasteiger partial charge in [0.25, 0.3) is 0 Å². The smallest absolute Gasteiger partial charge is 0.250 e. The molecule has 0 aromatic carbocycles. The number of thioether (sulfide) groups is 1. The van der Waals surface area contributed by atoms with E-state index in [0.717, 1.165) is 0 Å². The lowest BCUT2D eigenvalue weighted by Crippen LogP contribution is -2.42. The molecule has 3 nitrogen and oxygen atoms in total. The fraction of sp³-hybridized carbons (Fsp3) is 0.900. The van der Waals surface area contributed by atoms with Crippen molar-refractivity contribution >= 4 is 17.7 Å². The number of rotatable bonds is 4. The Morgan fingerprint density at radius 3 is 2.29 bits per heavy atom. The summed E-state index contributed by atoms with van der Waals surface area (Å²) < 4.78 is 0. The van der Waals surface area contributed by atoms with Crippen molar-refractivity contribution in [2.24, 2.45) is 5.41 Å². The van der Waals surface area contributed by atoms with E-state index in [1.54, 1.807) is 11.8 Å². The molecule has 2 N–H and O–H groups in total. The van der Waals surface area contributed by atoms with Crippen LogP contribution in [-0.4, -0.2) is 28.2 Å². The third-order valence-electron chi connectivity index (χ3n) is 1.73. The Bertz CT molecular complexity index is 187. The molecule has 0 aromatic rings. The normalized spacial score (nSPS) is 14.2. The van der Waals surface area contributed by atoms with Crippen molar-refractivity contribution < 1.29 is 9.90 Å². The van der Waals surface area contributed by atoms with Gasteiger partial charge in [0.05, 0.1) is 5.88 Å². The van der Waals surface area contributed by atoms with Gasteiger partial charge in [0.15, 0.2) is 0 Å². The minimum atomic E-state index is -0.935. The summed E-state index contributed by atoms with van der Waals surface area (Å²) in [6.07, 6.45) is -0.935. The van der Waals surface area contributed by atoms with Gasteiger partial charge in [-0.3, -0.25) is 4.79 Å². The first-order valence-electron chi connectivity index (χ1n) is 4.82. The lowest BCUT2D eigenvalue weighted by atomic mass is 9.89. The van der Waals surface area contributed by atoms with Crippen LogP contribution >= 0.6 is 11.8 Å². The first-order valence-corrected chi connectivity index (χ1v) is 5.87. The zero-order chi connectivity index (χ0) is 11.4. The van der Waals surface area contributed by atoms with Gasteiger partial charge < -0.3 is 10.4 Å². The molecule has 1 unspecified atom stereocenters. The van der Waals surface area contributed by atoms with Gasteiger partial charge in [-0.15, -0.1) is 11.8 Å². The molecular formula is C10H21NO2S. The highest BCUT2D eigenvalue weighted by Gasteiger charge is 2.28. The predicted molar refractivity (Wildman–Crippen MR) is 61.2 cm³/mol. The summed E-state index contributed by atoms with van der Waals surface area (Å²) in [4.78, 5) is 11.4. The molecule has 0 aromatic heterocycles. The Kier molecular flexibility index (Phi) is 5.52. The summed E-state index contributed by atoms with van der Waals surface area (Å²) in [5.41, 5.74) is -0.396. The van der Waals surface area contributed by atoms with Crippen LogP contribution in [0.4, 0.5) is 0 Å². The van der Waals surface area contributed by atoms with Crippen molar-refractivity contribution in [3.05, 3.63) is 0 Å². The van der Waals surface area contributed by atoms with E-state index in [1.165, 1.54) is 0 Å². The topological polar surface area (TPSA) is 49.3 Å². The first-order chi connectivity index (χ1) is 6.25. The van der Waals surface area contributed by atoms with Crippen molar-refractivity contribution in [1.82, 2.24) is 5.32 Å². The fourth-order valence-corrected chi connectivity index (χ4v) is 1.33. The van der Waals surface area contributed by atoms with Crippen LogP contribution in [-0.2, 0) is 4.79 Å². The Balaban J connectivity index is 3.86. The van der Waals surface area contributed by atoms with Crippen LogP contribution < -0.4 is 5.32 Å². The SMILES string of the molecule is CC(C)SCNC(=O)C(O)C(C)(C)C. The number of amides is 1.